The lowest BCUT2D eigenvalue weighted by molar-refractivity contribution is -0.177. The fourth-order valence-corrected chi connectivity index (χ4v) is 10.6. The van der Waals surface area contributed by atoms with Crippen molar-refractivity contribution in [3.63, 3.8) is 0 Å². The third kappa shape index (κ3) is 4.01. The van der Waals surface area contributed by atoms with Crippen molar-refractivity contribution >= 4 is 23.3 Å². The molecule has 0 aromatic heterocycles. The van der Waals surface area contributed by atoms with Crippen LogP contribution in [-0.4, -0.2) is 29.8 Å². The van der Waals surface area contributed by atoms with Crippen LogP contribution in [0.5, 0.6) is 0 Å². The van der Waals surface area contributed by atoms with Gasteiger partial charge in [0.1, 0.15) is 0 Å². The van der Waals surface area contributed by atoms with Gasteiger partial charge in [-0.3, -0.25) is 14.4 Å². The summed E-state index contributed by atoms with van der Waals surface area (Å²) < 4.78 is 0. The van der Waals surface area contributed by atoms with E-state index in [0.29, 0.717) is 0 Å². The molecular weight excluding hydrogens is 524 g/mol. The van der Waals surface area contributed by atoms with Crippen molar-refractivity contribution in [2.24, 2.45) is 56.2 Å². The maximum absolute atomic E-state index is 14.6. The second-order valence-corrected chi connectivity index (χ2v) is 16.7. The van der Waals surface area contributed by atoms with Crippen LogP contribution in [0.1, 0.15) is 107 Å². The highest BCUT2D eigenvalue weighted by Crippen LogP contribution is 2.74. The topological polar surface area (TPSA) is 84.7 Å². The predicted octanol–water partition coefficient (Wildman–Crippen LogP) is 6.90. The summed E-state index contributed by atoms with van der Waals surface area (Å²) in [7, 11) is 0. The Morgan fingerprint density at radius 2 is 1.64 bits per heavy atom. The maximum atomic E-state index is 14.6. The lowest BCUT2D eigenvalue weighted by atomic mass is 9.34. The Morgan fingerprint density at radius 1 is 1.00 bits per heavy atom. The standard InChI is InChI=1S/C36H50N2O4/c1-21(2)30(42)38-20-27(40)36-15-13-31(3,4)18-22(36)28-24(39)17-26-33(7)19-23(37-10)29(41)32(5,6)25(33)11-12-34(26,8)35(28,9)14-16-36/h17,19,21-22,25,28H,11-16,18,20H2,1-9H3,(H,38,42)/t22-,25-,28-,33-,34+,35+,36-/m0/s1. The number of Topliss-reactive ketones (excluding diaryl/α,β-unsaturated/α-hetero) is 2. The summed E-state index contributed by atoms with van der Waals surface area (Å²) >= 11 is 0. The predicted molar refractivity (Wildman–Crippen MR) is 163 cm³/mol. The molecule has 5 rings (SSSR count). The van der Waals surface area contributed by atoms with Gasteiger partial charge in [-0.15, -0.1) is 0 Å². The Kier molecular flexibility index (Phi) is 6.97. The number of carbonyl (C=O) groups is 4. The Hall–Kier alpha value is -2.55. The Morgan fingerprint density at radius 3 is 2.26 bits per heavy atom. The summed E-state index contributed by atoms with van der Waals surface area (Å²) in [6, 6.07) is 0. The highest BCUT2D eigenvalue weighted by atomic mass is 16.2. The molecule has 0 heterocycles. The highest BCUT2D eigenvalue weighted by Gasteiger charge is 2.70. The molecule has 7 atom stereocenters. The molecule has 5 aliphatic rings. The minimum Gasteiger partial charge on any atom is -0.349 e. The molecule has 228 valence electrons. The van der Waals surface area contributed by atoms with Crippen molar-refractivity contribution in [3.8, 4) is 0 Å². The van der Waals surface area contributed by atoms with Gasteiger partial charge in [0.15, 0.2) is 17.3 Å². The van der Waals surface area contributed by atoms with Gasteiger partial charge in [-0.25, -0.2) is 4.85 Å². The van der Waals surface area contributed by atoms with Crippen LogP contribution in [0.15, 0.2) is 23.4 Å². The first-order chi connectivity index (χ1) is 19.3. The van der Waals surface area contributed by atoms with E-state index in [1.54, 1.807) is 0 Å². The Bertz CT molecular complexity index is 1360. The summed E-state index contributed by atoms with van der Waals surface area (Å²) in [6.07, 6.45) is 9.48. The SMILES string of the molecule is [C-]#[N+]C1=C[C@]2(C)C3=CC(=O)[C@@H]4[C@@H]5CC(C)(C)CC[C@]5(C(=O)CNC(=O)C(C)C)CC[C@@]4(C)[C@]3(C)CC[C@H]2C(C)(C)C1=O. The third-order valence-electron chi connectivity index (χ3n) is 13.3. The van der Waals surface area contributed by atoms with Crippen molar-refractivity contribution in [1.82, 2.24) is 5.32 Å². The van der Waals surface area contributed by atoms with E-state index in [2.05, 4.69) is 44.8 Å². The van der Waals surface area contributed by atoms with Gasteiger partial charge < -0.3 is 10.1 Å². The fourth-order valence-electron chi connectivity index (χ4n) is 10.6. The highest BCUT2D eigenvalue weighted by molar-refractivity contribution is 6.03. The number of hydrogen-bond acceptors (Lipinski definition) is 4. The fraction of sp³-hybridized carbons (Fsp3) is 0.750. The van der Waals surface area contributed by atoms with Crippen LogP contribution in [0, 0.1) is 62.7 Å². The molecule has 0 aromatic rings. The van der Waals surface area contributed by atoms with E-state index < -0.39 is 16.2 Å². The van der Waals surface area contributed by atoms with E-state index in [1.807, 2.05) is 39.8 Å². The molecular formula is C36H50N2O4. The number of rotatable bonds is 4. The quantitative estimate of drug-likeness (QED) is 0.370. The van der Waals surface area contributed by atoms with Gasteiger partial charge in [0.05, 0.1) is 13.1 Å². The van der Waals surface area contributed by atoms with E-state index in [-0.39, 0.29) is 75.4 Å². The third-order valence-corrected chi connectivity index (χ3v) is 13.3. The number of hydrogen-bond donors (Lipinski definition) is 1. The van der Waals surface area contributed by atoms with Crippen LogP contribution in [0.3, 0.4) is 0 Å². The molecule has 6 nitrogen and oxygen atoms in total. The number of ketones is 3. The van der Waals surface area contributed by atoms with Crippen LogP contribution < -0.4 is 5.32 Å². The first-order valence-corrected chi connectivity index (χ1v) is 16.0. The number of nitrogens with one attached hydrogen (secondary N) is 1. The number of nitrogens with zero attached hydrogens (tertiary/aromatic N) is 1. The average molecular weight is 575 g/mol. The minimum atomic E-state index is -0.686. The lowest BCUT2D eigenvalue weighted by Gasteiger charge is -2.69. The average Bonchev–Trinajstić information content (AvgIpc) is 2.90. The number of allylic oxidation sites excluding steroid dienone is 4. The summed E-state index contributed by atoms with van der Waals surface area (Å²) in [5.74, 6) is -0.578. The summed E-state index contributed by atoms with van der Waals surface area (Å²) in [5.41, 5.74) is -1.24. The molecule has 0 aromatic carbocycles. The van der Waals surface area contributed by atoms with Crippen molar-refractivity contribution in [2.45, 2.75) is 107 Å². The van der Waals surface area contributed by atoms with E-state index in [9.17, 15) is 19.2 Å². The van der Waals surface area contributed by atoms with Gasteiger partial charge in [-0.1, -0.05) is 74.0 Å². The van der Waals surface area contributed by atoms with Crippen LogP contribution in [0.25, 0.3) is 4.85 Å². The normalized spacial score (nSPS) is 41.7. The van der Waals surface area contributed by atoms with E-state index in [0.717, 1.165) is 50.5 Å². The van der Waals surface area contributed by atoms with Crippen molar-refractivity contribution in [3.05, 3.63) is 34.8 Å². The minimum absolute atomic E-state index is 0.0118. The second-order valence-electron chi connectivity index (χ2n) is 16.7. The van der Waals surface area contributed by atoms with Gasteiger partial charge in [-0.2, -0.15) is 0 Å². The molecule has 3 fully saturated rings. The first-order valence-electron chi connectivity index (χ1n) is 16.0. The number of fused-ring (bicyclic) bond motifs is 7. The molecule has 6 heteroatoms. The molecule has 0 spiro atoms. The van der Waals surface area contributed by atoms with Gasteiger partial charge in [-0.05, 0) is 79.1 Å². The zero-order chi connectivity index (χ0) is 31.3. The molecule has 5 aliphatic carbocycles. The van der Waals surface area contributed by atoms with Crippen molar-refractivity contribution in [2.75, 3.05) is 6.54 Å². The zero-order valence-electron chi connectivity index (χ0n) is 27.2. The second kappa shape index (κ2) is 9.47. The van der Waals surface area contributed by atoms with Crippen LogP contribution in [0.2, 0.25) is 0 Å². The molecule has 0 saturated heterocycles. The van der Waals surface area contributed by atoms with Gasteiger partial charge in [0.25, 0.3) is 0 Å². The molecule has 3 saturated carbocycles. The van der Waals surface area contributed by atoms with Crippen LogP contribution in [0.4, 0.5) is 0 Å². The summed E-state index contributed by atoms with van der Waals surface area (Å²) in [6.45, 7) is 26.7. The van der Waals surface area contributed by atoms with E-state index >= 15 is 0 Å². The Labute approximate surface area is 252 Å². The van der Waals surface area contributed by atoms with Crippen molar-refractivity contribution < 1.29 is 19.2 Å². The molecule has 0 unspecified atom stereocenters. The van der Waals surface area contributed by atoms with Gasteiger partial charge >= 0.3 is 0 Å². The van der Waals surface area contributed by atoms with Crippen LogP contribution in [-0.2, 0) is 19.2 Å². The molecule has 0 bridgehead atoms. The molecule has 1 N–H and O–H groups in total. The number of amides is 1. The molecule has 42 heavy (non-hydrogen) atoms. The number of carbonyl (C=O) groups excluding carboxylic acids is 4. The molecule has 0 aliphatic heterocycles. The van der Waals surface area contributed by atoms with E-state index in [1.165, 1.54) is 0 Å². The summed E-state index contributed by atoms with van der Waals surface area (Å²) in [5, 5.41) is 2.89. The first kappa shape index (κ1) is 30.9. The van der Waals surface area contributed by atoms with Crippen LogP contribution >= 0.6 is 0 Å². The largest absolute Gasteiger partial charge is 0.349 e. The monoisotopic (exact) mass is 574 g/mol. The van der Waals surface area contributed by atoms with Gasteiger partial charge in [0.2, 0.25) is 11.6 Å². The summed E-state index contributed by atoms with van der Waals surface area (Å²) in [4.78, 5) is 58.1. The Balaban J connectivity index is 1.62. The smallest absolute Gasteiger partial charge is 0.226 e. The zero-order valence-corrected chi connectivity index (χ0v) is 27.2. The maximum Gasteiger partial charge on any atom is 0.226 e. The van der Waals surface area contributed by atoms with Gasteiger partial charge in [0, 0.05) is 28.1 Å². The van der Waals surface area contributed by atoms with E-state index in [4.69, 9.17) is 6.57 Å². The molecule has 0 radical (unpaired) electrons. The lowest BCUT2D eigenvalue weighted by Crippen LogP contribution is -2.66. The van der Waals surface area contributed by atoms with Crippen molar-refractivity contribution in [1.29, 1.82) is 0 Å². The molecule has 1 amide bonds.